The quantitative estimate of drug-likeness (QED) is 0.921. The Morgan fingerprint density at radius 2 is 1.79 bits per heavy atom. The van der Waals surface area contributed by atoms with E-state index in [-0.39, 0.29) is 11.1 Å². The third-order valence-electron chi connectivity index (χ3n) is 3.03. The summed E-state index contributed by atoms with van der Waals surface area (Å²) in [5, 5.41) is 10.2. The Balaban J connectivity index is 2.56. The van der Waals surface area contributed by atoms with Crippen LogP contribution in [0.5, 0.6) is 5.75 Å². The van der Waals surface area contributed by atoms with Crippen LogP contribution in [0.2, 0.25) is 0 Å². The Kier molecular flexibility index (Phi) is 3.81. The number of benzene rings is 2. The molecule has 0 spiro atoms. The second kappa shape index (κ2) is 5.36. The normalized spacial score (nSPS) is 12.3. The molecule has 0 heterocycles. The van der Waals surface area contributed by atoms with Crippen LogP contribution in [-0.2, 0) is 0 Å². The average Bonchev–Trinajstić information content (AvgIpc) is 2.43. The highest BCUT2D eigenvalue weighted by Crippen LogP contribution is 2.33. The minimum atomic E-state index is -1.41. The molecule has 2 aromatic rings. The molecule has 0 amide bonds. The van der Waals surface area contributed by atoms with Crippen LogP contribution in [0.3, 0.4) is 0 Å². The molecule has 4 heteroatoms. The van der Waals surface area contributed by atoms with Gasteiger partial charge in [-0.3, -0.25) is 0 Å². The van der Waals surface area contributed by atoms with Crippen molar-refractivity contribution in [2.24, 2.45) is 0 Å². The number of ether oxygens (including phenoxy) is 1. The fourth-order valence-corrected chi connectivity index (χ4v) is 1.98. The molecule has 1 atom stereocenters. The third kappa shape index (κ3) is 2.44. The molecule has 0 aromatic heterocycles. The van der Waals surface area contributed by atoms with E-state index in [9.17, 15) is 13.9 Å². The molecule has 0 radical (unpaired) electrons. The van der Waals surface area contributed by atoms with Crippen molar-refractivity contribution in [1.29, 1.82) is 0 Å². The SMILES string of the molecule is COc1ccccc1C(O)c1c(F)ccc(C)c1F. The van der Waals surface area contributed by atoms with Gasteiger partial charge in [-0.15, -0.1) is 0 Å². The van der Waals surface area contributed by atoms with Gasteiger partial charge < -0.3 is 9.84 Å². The average molecular weight is 264 g/mol. The van der Waals surface area contributed by atoms with Gasteiger partial charge in [0.2, 0.25) is 0 Å². The summed E-state index contributed by atoms with van der Waals surface area (Å²) in [4.78, 5) is 0. The van der Waals surface area contributed by atoms with Crippen LogP contribution in [0.25, 0.3) is 0 Å². The van der Waals surface area contributed by atoms with Gasteiger partial charge in [-0.1, -0.05) is 24.3 Å². The second-order valence-corrected chi connectivity index (χ2v) is 4.24. The second-order valence-electron chi connectivity index (χ2n) is 4.24. The van der Waals surface area contributed by atoms with Crippen molar-refractivity contribution in [3.63, 3.8) is 0 Å². The summed E-state index contributed by atoms with van der Waals surface area (Å²) in [6.45, 7) is 1.52. The summed E-state index contributed by atoms with van der Waals surface area (Å²) < 4.78 is 32.8. The maximum absolute atomic E-state index is 14.0. The minimum Gasteiger partial charge on any atom is -0.496 e. The van der Waals surface area contributed by atoms with Gasteiger partial charge in [0.1, 0.15) is 23.5 Å². The first-order valence-corrected chi connectivity index (χ1v) is 5.81. The number of hydrogen-bond donors (Lipinski definition) is 1. The van der Waals surface area contributed by atoms with E-state index in [4.69, 9.17) is 4.74 Å². The largest absolute Gasteiger partial charge is 0.496 e. The number of hydrogen-bond acceptors (Lipinski definition) is 2. The highest BCUT2D eigenvalue weighted by Gasteiger charge is 2.23. The highest BCUT2D eigenvalue weighted by atomic mass is 19.1. The molecule has 0 fully saturated rings. The van der Waals surface area contributed by atoms with E-state index in [1.54, 1.807) is 24.3 Å². The van der Waals surface area contributed by atoms with E-state index in [1.165, 1.54) is 20.1 Å². The van der Waals surface area contributed by atoms with Crippen molar-refractivity contribution in [3.8, 4) is 5.75 Å². The molecule has 19 heavy (non-hydrogen) atoms. The number of halogens is 2. The molecule has 1 N–H and O–H groups in total. The molecule has 100 valence electrons. The van der Waals surface area contributed by atoms with Crippen molar-refractivity contribution in [2.75, 3.05) is 7.11 Å². The van der Waals surface area contributed by atoms with E-state index in [2.05, 4.69) is 0 Å². The molecule has 0 bridgehead atoms. The summed E-state index contributed by atoms with van der Waals surface area (Å²) in [6, 6.07) is 9.08. The van der Waals surface area contributed by atoms with E-state index < -0.39 is 17.7 Å². The van der Waals surface area contributed by atoms with Gasteiger partial charge in [0, 0.05) is 5.56 Å². The summed E-state index contributed by atoms with van der Waals surface area (Å²) in [7, 11) is 1.44. The van der Waals surface area contributed by atoms with Crippen molar-refractivity contribution >= 4 is 0 Å². The molecule has 1 unspecified atom stereocenters. The lowest BCUT2D eigenvalue weighted by Gasteiger charge is -2.17. The van der Waals surface area contributed by atoms with Crippen molar-refractivity contribution in [2.45, 2.75) is 13.0 Å². The molecule has 2 aromatic carbocycles. The first kappa shape index (κ1) is 13.5. The van der Waals surface area contributed by atoms with Crippen molar-refractivity contribution in [3.05, 3.63) is 64.7 Å². The van der Waals surface area contributed by atoms with Gasteiger partial charge in [-0.25, -0.2) is 8.78 Å². The standard InChI is InChI=1S/C15H14F2O2/c1-9-7-8-11(16)13(14(9)17)15(18)10-5-3-4-6-12(10)19-2/h3-8,15,18H,1-2H3. The number of methoxy groups -OCH3 is 1. The molecular weight excluding hydrogens is 250 g/mol. The van der Waals surface area contributed by atoms with Crippen molar-refractivity contribution in [1.82, 2.24) is 0 Å². The number of para-hydroxylation sites is 1. The topological polar surface area (TPSA) is 29.5 Å². The molecule has 2 nitrogen and oxygen atoms in total. The van der Waals surface area contributed by atoms with E-state index in [1.807, 2.05) is 0 Å². The molecule has 0 aliphatic carbocycles. The van der Waals surface area contributed by atoms with Gasteiger partial charge in [0.05, 0.1) is 12.7 Å². The molecule has 0 saturated carbocycles. The van der Waals surface area contributed by atoms with Gasteiger partial charge in [-0.05, 0) is 24.6 Å². The smallest absolute Gasteiger partial charge is 0.135 e. The van der Waals surface area contributed by atoms with Gasteiger partial charge in [-0.2, -0.15) is 0 Å². The van der Waals surface area contributed by atoms with E-state index >= 15 is 0 Å². The van der Waals surface area contributed by atoms with Crippen LogP contribution < -0.4 is 4.74 Å². The first-order chi connectivity index (χ1) is 9.06. The summed E-state index contributed by atoms with van der Waals surface area (Å²) in [5.74, 6) is -1.13. The fourth-order valence-electron chi connectivity index (χ4n) is 1.98. The van der Waals surface area contributed by atoms with Crippen LogP contribution in [-0.4, -0.2) is 12.2 Å². The maximum Gasteiger partial charge on any atom is 0.135 e. The molecule has 0 saturated heterocycles. The van der Waals surface area contributed by atoms with Gasteiger partial charge in [0.25, 0.3) is 0 Å². The Bertz CT molecular complexity index is 597. The molecule has 0 aliphatic rings. The van der Waals surface area contributed by atoms with Crippen LogP contribution in [0.15, 0.2) is 36.4 Å². The first-order valence-electron chi connectivity index (χ1n) is 5.81. The van der Waals surface area contributed by atoms with Crippen LogP contribution in [0.1, 0.15) is 22.8 Å². The fraction of sp³-hybridized carbons (Fsp3) is 0.200. The maximum atomic E-state index is 14.0. The lowest BCUT2D eigenvalue weighted by molar-refractivity contribution is 0.203. The highest BCUT2D eigenvalue weighted by molar-refractivity contribution is 5.42. The summed E-state index contributed by atoms with van der Waals surface area (Å²) in [6.07, 6.45) is -1.41. The van der Waals surface area contributed by atoms with E-state index in [0.717, 1.165) is 6.07 Å². The molecular formula is C15H14F2O2. The lowest BCUT2D eigenvalue weighted by atomic mass is 9.98. The van der Waals surface area contributed by atoms with Gasteiger partial charge in [0.15, 0.2) is 0 Å². The van der Waals surface area contributed by atoms with Crippen molar-refractivity contribution < 1.29 is 18.6 Å². The zero-order valence-corrected chi connectivity index (χ0v) is 10.7. The molecule has 2 rings (SSSR count). The van der Waals surface area contributed by atoms with E-state index in [0.29, 0.717) is 11.3 Å². The Morgan fingerprint density at radius 1 is 1.11 bits per heavy atom. The minimum absolute atomic E-state index is 0.283. The predicted molar refractivity (Wildman–Crippen MR) is 68.2 cm³/mol. The van der Waals surface area contributed by atoms with Crippen LogP contribution in [0, 0.1) is 18.6 Å². The lowest BCUT2D eigenvalue weighted by Crippen LogP contribution is -2.08. The summed E-state index contributed by atoms with van der Waals surface area (Å²) >= 11 is 0. The predicted octanol–water partition coefficient (Wildman–Crippen LogP) is 3.36. The molecule has 0 aliphatic heterocycles. The monoisotopic (exact) mass is 264 g/mol. The zero-order valence-electron chi connectivity index (χ0n) is 10.7. The van der Waals surface area contributed by atoms with Crippen LogP contribution >= 0.6 is 0 Å². The Hall–Kier alpha value is -1.94. The number of aryl methyl sites for hydroxylation is 1. The van der Waals surface area contributed by atoms with Crippen LogP contribution in [0.4, 0.5) is 8.78 Å². The number of aliphatic hydroxyl groups excluding tert-OH is 1. The zero-order chi connectivity index (χ0) is 14.0. The third-order valence-corrected chi connectivity index (χ3v) is 3.03. The number of aliphatic hydroxyl groups is 1. The Morgan fingerprint density at radius 3 is 2.47 bits per heavy atom. The van der Waals surface area contributed by atoms with Gasteiger partial charge >= 0.3 is 0 Å². The number of rotatable bonds is 3. The Labute approximate surface area is 110 Å². The summed E-state index contributed by atoms with van der Waals surface area (Å²) in [5.41, 5.74) is 0.253.